The van der Waals surface area contributed by atoms with Gasteiger partial charge in [0.25, 0.3) is 5.91 Å². The minimum absolute atomic E-state index is 0.244. The Bertz CT molecular complexity index is 907. The van der Waals surface area contributed by atoms with Gasteiger partial charge in [0.05, 0.1) is 6.61 Å². The highest BCUT2D eigenvalue weighted by Gasteiger charge is 2.09. The second-order valence-electron chi connectivity index (χ2n) is 6.28. The van der Waals surface area contributed by atoms with Gasteiger partial charge in [-0.15, -0.1) is 10.2 Å². The van der Waals surface area contributed by atoms with Gasteiger partial charge >= 0.3 is 0 Å². The van der Waals surface area contributed by atoms with E-state index in [1.165, 1.54) is 0 Å². The van der Waals surface area contributed by atoms with Crippen molar-refractivity contribution in [3.63, 3.8) is 0 Å². The van der Waals surface area contributed by atoms with E-state index in [-0.39, 0.29) is 11.6 Å². The lowest BCUT2D eigenvalue weighted by Gasteiger charge is -2.13. The van der Waals surface area contributed by atoms with E-state index in [1.807, 2.05) is 74.4 Å². The van der Waals surface area contributed by atoms with Gasteiger partial charge in [-0.2, -0.15) is 0 Å². The Morgan fingerprint density at radius 2 is 1.61 bits per heavy atom. The third-order valence-electron chi connectivity index (χ3n) is 3.98. The molecule has 7 heteroatoms. The van der Waals surface area contributed by atoms with Crippen molar-refractivity contribution in [1.29, 1.82) is 0 Å². The zero-order chi connectivity index (χ0) is 19.9. The number of ether oxygens (including phenoxy) is 1. The number of benzene rings is 2. The van der Waals surface area contributed by atoms with Gasteiger partial charge in [0.1, 0.15) is 5.75 Å². The van der Waals surface area contributed by atoms with Crippen molar-refractivity contribution in [3.8, 4) is 5.75 Å². The lowest BCUT2D eigenvalue weighted by atomic mass is 10.2. The number of hydrogen-bond acceptors (Lipinski definition) is 6. The second kappa shape index (κ2) is 8.85. The van der Waals surface area contributed by atoms with E-state index in [4.69, 9.17) is 4.74 Å². The summed E-state index contributed by atoms with van der Waals surface area (Å²) >= 11 is 0. The molecule has 2 aromatic carbocycles. The predicted molar refractivity (Wildman–Crippen MR) is 112 cm³/mol. The minimum atomic E-state index is -0.308. The molecule has 0 spiro atoms. The lowest BCUT2D eigenvalue weighted by molar-refractivity contribution is 0.102. The van der Waals surface area contributed by atoms with Gasteiger partial charge in [0, 0.05) is 31.2 Å². The van der Waals surface area contributed by atoms with Crippen LogP contribution in [0.1, 0.15) is 17.4 Å². The first kappa shape index (κ1) is 19.2. The molecule has 28 heavy (non-hydrogen) atoms. The highest BCUT2D eigenvalue weighted by molar-refractivity contribution is 6.02. The van der Waals surface area contributed by atoms with Crippen molar-refractivity contribution in [3.05, 3.63) is 66.4 Å². The van der Waals surface area contributed by atoms with Crippen molar-refractivity contribution in [1.82, 2.24) is 10.2 Å². The van der Waals surface area contributed by atoms with Gasteiger partial charge in [0.15, 0.2) is 11.5 Å². The molecule has 0 radical (unpaired) electrons. The largest absolute Gasteiger partial charge is 0.494 e. The molecule has 1 amide bonds. The maximum Gasteiger partial charge on any atom is 0.276 e. The van der Waals surface area contributed by atoms with E-state index in [9.17, 15) is 4.79 Å². The summed E-state index contributed by atoms with van der Waals surface area (Å²) in [5.41, 5.74) is 2.86. The van der Waals surface area contributed by atoms with E-state index in [2.05, 4.69) is 20.8 Å². The average Bonchev–Trinajstić information content (AvgIpc) is 2.70. The molecule has 2 N–H and O–H groups in total. The summed E-state index contributed by atoms with van der Waals surface area (Å²) in [5.74, 6) is 1.05. The lowest BCUT2D eigenvalue weighted by Crippen LogP contribution is -2.15. The molecule has 0 aliphatic rings. The maximum absolute atomic E-state index is 12.3. The molecule has 1 heterocycles. The average molecular weight is 377 g/mol. The summed E-state index contributed by atoms with van der Waals surface area (Å²) in [4.78, 5) is 14.3. The molecule has 3 aromatic rings. The molecule has 0 aliphatic heterocycles. The van der Waals surface area contributed by atoms with E-state index in [0.717, 1.165) is 17.1 Å². The van der Waals surface area contributed by atoms with Crippen LogP contribution in [-0.2, 0) is 0 Å². The summed E-state index contributed by atoms with van der Waals surface area (Å²) in [7, 11) is 3.93. The van der Waals surface area contributed by atoms with Gasteiger partial charge in [-0.25, -0.2) is 0 Å². The number of nitrogens with one attached hydrogen (secondary N) is 2. The van der Waals surface area contributed by atoms with Crippen molar-refractivity contribution >= 4 is 28.8 Å². The maximum atomic E-state index is 12.3. The zero-order valence-corrected chi connectivity index (χ0v) is 16.1. The Morgan fingerprint density at radius 3 is 2.18 bits per heavy atom. The molecule has 0 saturated heterocycles. The van der Waals surface area contributed by atoms with Crippen LogP contribution >= 0.6 is 0 Å². The summed E-state index contributed by atoms with van der Waals surface area (Å²) < 4.78 is 5.42. The highest BCUT2D eigenvalue weighted by atomic mass is 16.5. The van der Waals surface area contributed by atoms with E-state index in [0.29, 0.717) is 18.1 Å². The normalized spacial score (nSPS) is 10.2. The fourth-order valence-corrected chi connectivity index (χ4v) is 2.51. The summed E-state index contributed by atoms with van der Waals surface area (Å²) in [6.07, 6.45) is 0. The number of nitrogens with zero attached hydrogens (tertiary/aromatic N) is 3. The van der Waals surface area contributed by atoms with Gasteiger partial charge < -0.3 is 20.3 Å². The zero-order valence-electron chi connectivity index (χ0n) is 16.1. The van der Waals surface area contributed by atoms with Crippen molar-refractivity contribution in [2.45, 2.75) is 6.92 Å². The topological polar surface area (TPSA) is 79.4 Å². The monoisotopic (exact) mass is 377 g/mol. The molecule has 1 aromatic heterocycles. The van der Waals surface area contributed by atoms with Crippen LogP contribution in [0.15, 0.2) is 60.7 Å². The fourth-order valence-electron chi connectivity index (χ4n) is 2.51. The molecular formula is C21H23N5O2. The number of anilines is 4. The van der Waals surface area contributed by atoms with Gasteiger partial charge in [-0.1, -0.05) is 0 Å². The van der Waals surface area contributed by atoms with Crippen molar-refractivity contribution in [2.75, 3.05) is 36.2 Å². The number of carbonyl (C=O) groups excluding carboxylic acids is 1. The van der Waals surface area contributed by atoms with Crippen LogP contribution in [0.2, 0.25) is 0 Å². The first-order valence-electron chi connectivity index (χ1n) is 8.97. The van der Waals surface area contributed by atoms with Crippen LogP contribution in [0.5, 0.6) is 5.75 Å². The smallest absolute Gasteiger partial charge is 0.276 e. The second-order valence-corrected chi connectivity index (χ2v) is 6.28. The Labute approximate surface area is 164 Å². The van der Waals surface area contributed by atoms with Crippen LogP contribution in [0.3, 0.4) is 0 Å². The molecule has 3 rings (SSSR count). The molecule has 144 valence electrons. The SMILES string of the molecule is CCOc1ccc(Nc2ccc(C(=O)Nc3ccc(N(C)C)cc3)nn2)cc1. The van der Waals surface area contributed by atoms with Crippen LogP contribution < -0.4 is 20.3 Å². The predicted octanol–water partition coefficient (Wildman–Crippen LogP) is 3.94. The minimum Gasteiger partial charge on any atom is -0.494 e. The number of hydrogen-bond donors (Lipinski definition) is 2. The third-order valence-corrected chi connectivity index (χ3v) is 3.98. The van der Waals surface area contributed by atoms with Gasteiger partial charge in [0.2, 0.25) is 0 Å². The quantitative estimate of drug-likeness (QED) is 0.649. The van der Waals surface area contributed by atoms with E-state index >= 15 is 0 Å². The Balaban J connectivity index is 1.60. The van der Waals surface area contributed by atoms with Gasteiger partial charge in [-0.05, 0) is 67.6 Å². The Hall–Kier alpha value is -3.61. The van der Waals surface area contributed by atoms with Crippen molar-refractivity contribution in [2.24, 2.45) is 0 Å². The standard InChI is InChI=1S/C21H23N5O2/c1-4-28-18-11-7-15(8-12-18)22-20-14-13-19(24-25-20)21(27)23-16-5-9-17(10-6-16)26(2)3/h5-14H,4H2,1-3H3,(H,22,25)(H,23,27). The molecule has 7 nitrogen and oxygen atoms in total. The van der Waals surface area contributed by atoms with E-state index in [1.54, 1.807) is 12.1 Å². The summed E-state index contributed by atoms with van der Waals surface area (Å²) in [6.45, 7) is 2.57. The molecular weight excluding hydrogens is 354 g/mol. The van der Waals surface area contributed by atoms with E-state index < -0.39 is 0 Å². The molecule has 0 atom stereocenters. The molecule has 0 aliphatic carbocycles. The fraction of sp³-hybridized carbons (Fsp3) is 0.190. The van der Waals surface area contributed by atoms with Gasteiger partial charge in [-0.3, -0.25) is 4.79 Å². The number of rotatable bonds is 7. The molecule has 0 saturated carbocycles. The van der Waals surface area contributed by atoms with Crippen LogP contribution in [0.25, 0.3) is 0 Å². The Morgan fingerprint density at radius 1 is 0.929 bits per heavy atom. The first-order valence-corrected chi connectivity index (χ1v) is 8.97. The van der Waals surface area contributed by atoms with Crippen molar-refractivity contribution < 1.29 is 9.53 Å². The van der Waals surface area contributed by atoms with Crippen LogP contribution in [0, 0.1) is 0 Å². The summed E-state index contributed by atoms with van der Waals surface area (Å²) in [6, 6.07) is 18.5. The van der Waals surface area contributed by atoms with Crippen LogP contribution in [-0.4, -0.2) is 36.8 Å². The first-order chi connectivity index (χ1) is 13.5. The molecule has 0 fully saturated rings. The molecule has 0 unspecified atom stereocenters. The third kappa shape index (κ3) is 4.97. The highest BCUT2D eigenvalue weighted by Crippen LogP contribution is 2.19. The summed E-state index contributed by atoms with van der Waals surface area (Å²) in [5, 5.41) is 14.0. The number of aromatic nitrogens is 2. The number of amides is 1. The van der Waals surface area contributed by atoms with Crippen LogP contribution in [0.4, 0.5) is 22.9 Å². The molecule has 0 bridgehead atoms. The Kier molecular flexibility index (Phi) is 6.06. The number of carbonyl (C=O) groups is 1.